The summed E-state index contributed by atoms with van der Waals surface area (Å²) < 4.78 is 0. The SMILES string of the molecule is C=C(c1ccc(N(C)c2ccccc2)cc1)c1ccc(N(C)c2ccccc2)cc1. The Morgan fingerprint density at radius 3 is 1.10 bits per heavy atom. The van der Waals surface area contributed by atoms with Crippen molar-refractivity contribution in [2.24, 2.45) is 0 Å². The molecule has 0 unspecified atom stereocenters. The quantitative estimate of drug-likeness (QED) is 0.341. The van der Waals surface area contributed by atoms with E-state index >= 15 is 0 Å². The fourth-order valence-electron chi connectivity index (χ4n) is 3.54. The van der Waals surface area contributed by atoms with Crippen molar-refractivity contribution >= 4 is 28.3 Å². The predicted octanol–water partition coefficient (Wildman–Crippen LogP) is 7.28. The van der Waals surface area contributed by atoms with Crippen molar-refractivity contribution in [3.05, 3.63) is 127 Å². The zero-order valence-corrected chi connectivity index (χ0v) is 17.5. The highest BCUT2D eigenvalue weighted by Crippen LogP contribution is 2.29. The van der Waals surface area contributed by atoms with Crippen LogP contribution in [-0.2, 0) is 0 Å². The Balaban J connectivity index is 1.49. The van der Waals surface area contributed by atoms with Gasteiger partial charge in [-0.2, -0.15) is 0 Å². The first-order chi connectivity index (χ1) is 14.6. The maximum atomic E-state index is 4.33. The van der Waals surface area contributed by atoms with Gasteiger partial charge in [0, 0.05) is 36.8 Å². The van der Waals surface area contributed by atoms with Crippen LogP contribution in [0.3, 0.4) is 0 Å². The number of hydrogen-bond acceptors (Lipinski definition) is 2. The number of nitrogens with zero attached hydrogens (tertiary/aromatic N) is 2. The molecule has 0 aliphatic carbocycles. The second-order valence-corrected chi connectivity index (χ2v) is 7.36. The van der Waals surface area contributed by atoms with E-state index in [2.05, 4.69) is 128 Å². The highest BCUT2D eigenvalue weighted by molar-refractivity contribution is 5.80. The Morgan fingerprint density at radius 1 is 0.467 bits per heavy atom. The Hall–Kier alpha value is -3.78. The summed E-state index contributed by atoms with van der Waals surface area (Å²) in [6.45, 7) is 4.33. The van der Waals surface area contributed by atoms with Crippen LogP contribution in [0.2, 0.25) is 0 Å². The molecule has 0 bridgehead atoms. The maximum Gasteiger partial charge on any atom is 0.0408 e. The molecule has 2 nitrogen and oxygen atoms in total. The number of anilines is 4. The fourth-order valence-corrected chi connectivity index (χ4v) is 3.54. The van der Waals surface area contributed by atoms with Crippen molar-refractivity contribution in [2.45, 2.75) is 0 Å². The molecule has 4 aromatic rings. The van der Waals surface area contributed by atoms with Crippen LogP contribution in [0.5, 0.6) is 0 Å². The van der Waals surface area contributed by atoms with Gasteiger partial charge in [-0.3, -0.25) is 0 Å². The van der Waals surface area contributed by atoms with Crippen LogP contribution in [0.4, 0.5) is 22.7 Å². The minimum absolute atomic E-state index is 1.03. The minimum atomic E-state index is 1.03. The summed E-state index contributed by atoms with van der Waals surface area (Å²) in [5.41, 5.74) is 7.92. The molecule has 0 radical (unpaired) electrons. The zero-order valence-electron chi connectivity index (χ0n) is 17.5. The van der Waals surface area contributed by atoms with Gasteiger partial charge in [-0.15, -0.1) is 0 Å². The van der Waals surface area contributed by atoms with E-state index < -0.39 is 0 Å². The highest BCUT2D eigenvalue weighted by Gasteiger charge is 2.08. The molecule has 0 saturated carbocycles. The molecule has 0 aliphatic heterocycles. The smallest absolute Gasteiger partial charge is 0.0408 e. The van der Waals surface area contributed by atoms with E-state index in [0.717, 1.165) is 28.1 Å². The summed E-state index contributed by atoms with van der Waals surface area (Å²) in [7, 11) is 4.17. The first-order valence-corrected chi connectivity index (χ1v) is 10.1. The standard InChI is InChI=1S/C28H26N2/c1-22(23-14-18-27(19-15-23)29(2)25-10-6-4-7-11-25)24-16-20-28(21-17-24)30(3)26-12-8-5-9-13-26/h4-21H,1H2,2-3H3. The average Bonchev–Trinajstić information content (AvgIpc) is 2.84. The second-order valence-electron chi connectivity index (χ2n) is 7.36. The molecule has 0 fully saturated rings. The van der Waals surface area contributed by atoms with Crippen LogP contribution in [-0.4, -0.2) is 14.1 Å². The summed E-state index contributed by atoms with van der Waals surface area (Å²) in [5.74, 6) is 0. The maximum absolute atomic E-state index is 4.33. The summed E-state index contributed by atoms with van der Waals surface area (Å²) in [6.07, 6.45) is 0. The third-order valence-electron chi connectivity index (χ3n) is 5.49. The molecule has 30 heavy (non-hydrogen) atoms. The molecule has 0 saturated heterocycles. The van der Waals surface area contributed by atoms with Gasteiger partial charge in [0.15, 0.2) is 0 Å². The lowest BCUT2D eigenvalue weighted by molar-refractivity contribution is 1.21. The Bertz CT molecular complexity index is 1010. The predicted molar refractivity (Wildman–Crippen MR) is 130 cm³/mol. The normalized spacial score (nSPS) is 10.5. The summed E-state index contributed by atoms with van der Waals surface area (Å²) in [5, 5.41) is 0. The van der Waals surface area contributed by atoms with Gasteiger partial charge in [-0.25, -0.2) is 0 Å². The van der Waals surface area contributed by atoms with Gasteiger partial charge in [0.2, 0.25) is 0 Å². The summed E-state index contributed by atoms with van der Waals surface area (Å²) in [6, 6.07) is 37.9. The lowest BCUT2D eigenvalue weighted by atomic mass is 9.99. The molecular weight excluding hydrogens is 364 g/mol. The number of benzene rings is 4. The van der Waals surface area contributed by atoms with Crippen LogP contribution in [0, 0.1) is 0 Å². The molecule has 0 spiro atoms. The van der Waals surface area contributed by atoms with Crippen LogP contribution < -0.4 is 9.80 Å². The van der Waals surface area contributed by atoms with Crippen molar-refractivity contribution in [1.82, 2.24) is 0 Å². The van der Waals surface area contributed by atoms with Gasteiger partial charge < -0.3 is 9.80 Å². The second kappa shape index (κ2) is 8.71. The van der Waals surface area contributed by atoms with Gasteiger partial charge in [0.05, 0.1) is 0 Å². The van der Waals surface area contributed by atoms with Crippen molar-refractivity contribution in [3.8, 4) is 0 Å². The van der Waals surface area contributed by atoms with E-state index in [1.165, 1.54) is 11.4 Å². The topological polar surface area (TPSA) is 6.48 Å². The molecule has 4 aromatic carbocycles. The van der Waals surface area contributed by atoms with E-state index in [-0.39, 0.29) is 0 Å². The van der Waals surface area contributed by atoms with Crippen LogP contribution >= 0.6 is 0 Å². The fraction of sp³-hybridized carbons (Fsp3) is 0.0714. The van der Waals surface area contributed by atoms with Crippen LogP contribution in [0.1, 0.15) is 11.1 Å². The zero-order chi connectivity index (χ0) is 20.9. The molecule has 0 amide bonds. The van der Waals surface area contributed by atoms with Crippen LogP contribution in [0.25, 0.3) is 5.57 Å². The molecule has 0 atom stereocenters. The Kier molecular flexibility index (Phi) is 5.67. The lowest BCUT2D eigenvalue weighted by Crippen LogP contribution is -2.09. The third-order valence-corrected chi connectivity index (χ3v) is 5.49. The van der Waals surface area contributed by atoms with E-state index in [1.54, 1.807) is 0 Å². The van der Waals surface area contributed by atoms with Gasteiger partial charge >= 0.3 is 0 Å². The molecule has 0 heterocycles. The number of para-hydroxylation sites is 2. The number of rotatable bonds is 6. The summed E-state index contributed by atoms with van der Waals surface area (Å²) >= 11 is 0. The Labute approximate surface area is 179 Å². The largest absolute Gasteiger partial charge is 0.345 e. The van der Waals surface area contributed by atoms with Gasteiger partial charge in [0.25, 0.3) is 0 Å². The van der Waals surface area contributed by atoms with Gasteiger partial charge in [-0.05, 0) is 65.2 Å². The molecule has 0 aromatic heterocycles. The number of hydrogen-bond donors (Lipinski definition) is 0. The minimum Gasteiger partial charge on any atom is -0.345 e. The van der Waals surface area contributed by atoms with E-state index in [9.17, 15) is 0 Å². The lowest BCUT2D eigenvalue weighted by Gasteiger charge is -2.21. The van der Waals surface area contributed by atoms with E-state index in [4.69, 9.17) is 0 Å². The first kappa shape index (κ1) is 19.5. The monoisotopic (exact) mass is 390 g/mol. The van der Waals surface area contributed by atoms with Gasteiger partial charge in [-0.1, -0.05) is 67.2 Å². The Morgan fingerprint density at radius 2 is 0.767 bits per heavy atom. The highest BCUT2D eigenvalue weighted by atomic mass is 15.1. The van der Waals surface area contributed by atoms with Crippen molar-refractivity contribution in [2.75, 3.05) is 23.9 Å². The average molecular weight is 391 g/mol. The first-order valence-electron chi connectivity index (χ1n) is 10.1. The van der Waals surface area contributed by atoms with E-state index in [0.29, 0.717) is 0 Å². The third kappa shape index (κ3) is 4.13. The van der Waals surface area contributed by atoms with Crippen molar-refractivity contribution in [3.63, 3.8) is 0 Å². The molecule has 0 aliphatic rings. The van der Waals surface area contributed by atoms with Crippen LogP contribution in [0.15, 0.2) is 116 Å². The molecule has 148 valence electrons. The van der Waals surface area contributed by atoms with E-state index in [1.807, 2.05) is 12.1 Å². The van der Waals surface area contributed by atoms with Gasteiger partial charge in [0.1, 0.15) is 0 Å². The molecule has 0 N–H and O–H groups in total. The van der Waals surface area contributed by atoms with Crippen molar-refractivity contribution in [1.29, 1.82) is 0 Å². The molecular formula is C28H26N2. The summed E-state index contributed by atoms with van der Waals surface area (Å²) in [4.78, 5) is 4.36. The van der Waals surface area contributed by atoms with Crippen molar-refractivity contribution < 1.29 is 0 Å². The molecule has 2 heteroatoms. The molecule has 4 rings (SSSR count).